The van der Waals surface area contributed by atoms with Gasteiger partial charge in [0.1, 0.15) is 110 Å². The number of fused-ring (bicyclic) bond motifs is 3. The highest BCUT2D eigenvalue weighted by atomic mass is 15.0. The Morgan fingerprint density at radius 1 is 0.290 bits per heavy atom. The van der Waals surface area contributed by atoms with Gasteiger partial charge in [0.15, 0.2) is 17.5 Å². The number of hydrogen-bond acceptors (Lipinski definition) is 3. The zero-order valence-electron chi connectivity index (χ0n) is 36.8. The highest BCUT2D eigenvalue weighted by Gasteiger charge is 2.27. The van der Waals surface area contributed by atoms with Gasteiger partial charge >= 0.3 is 0 Å². The van der Waals surface area contributed by atoms with Gasteiger partial charge in [0.05, 0.1) is 11.0 Å². The summed E-state index contributed by atoms with van der Waals surface area (Å²) in [5.41, 5.74) is 5.51. The van der Waals surface area contributed by atoms with Crippen molar-refractivity contribution in [2.75, 3.05) is 0 Å². The normalized spacial score (nSPS) is 11.7. The summed E-state index contributed by atoms with van der Waals surface area (Å²) in [6.07, 6.45) is 0. The lowest BCUT2D eigenvalue weighted by atomic mass is 9.56. The molecular formula is C51H18B14N4. The first-order valence-electron chi connectivity index (χ1n) is 21.5. The SMILES string of the molecule is [B]c1c([B])c([B])c(-c2nc(-c3c([B])c([B])c(-c4c([B])c([B])c([B])c([B])c4[B])c([B])c3[B])nc(-c3ccc4c5c3c3ccccc3c3cccc(c35)n4-c3cccc(-c4ccccc4)c3)n2)c([B])c1[B]. The van der Waals surface area contributed by atoms with Gasteiger partial charge in [-0.15, -0.1) is 32.8 Å². The standard InChI is InChI=1S/C51H18B14N4/c52-35-31(32-37(54)43(60)47(64)44(61)38(32)55)36(53)40(57)33(39(35)56)50-66-49(67-51(68-50)34-41(58)45(62)48(65)46(63)42(34)59)25-16-17-27-30-28(25)23-13-5-4-12-22(23)24-14-7-15-26(29(24)30)69(27)21-11-6-10-20(18-21)19-8-2-1-3-9-19/h1-18H. The number of rotatable bonds is 6. The van der Waals surface area contributed by atoms with Gasteiger partial charge in [-0.2, -0.15) is 0 Å². The van der Waals surface area contributed by atoms with E-state index >= 15 is 0 Å². The van der Waals surface area contributed by atoms with Crippen molar-refractivity contribution in [3.05, 3.63) is 109 Å². The van der Waals surface area contributed by atoms with Crippen molar-refractivity contribution in [1.82, 2.24) is 19.5 Å². The molecule has 4 nitrogen and oxygen atoms in total. The predicted octanol–water partition coefficient (Wildman–Crippen LogP) is -3.84. The van der Waals surface area contributed by atoms with Gasteiger partial charge in [0.25, 0.3) is 0 Å². The van der Waals surface area contributed by atoms with Crippen molar-refractivity contribution >= 4 is 230 Å². The van der Waals surface area contributed by atoms with Crippen molar-refractivity contribution in [3.63, 3.8) is 0 Å². The summed E-state index contributed by atoms with van der Waals surface area (Å²) < 4.78 is 2.28. The van der Waals surface area contributed by atoms with E-state index in [1.807, 2.05) is 36.4 Å². The third kappa shape index (κ3) is 6.60. The maximum Gasteiger partial charge on any atom is 0.164 e. The molecule has 0 aliphatic carbocycles. The van der Waals surface area contributed by atoms with Crippen LogP contribution in [-0.4, -0.2) is 129 Å². The molecule has 2 heterocycles. The first-order valence-corrected chi connectivity index (χ1v) is 21.5. The van der Waals surface area contributed by atoms with Crippen LogP contribution in [0.5, 0.6) is 0 Å². The van der Waals surface area contributed by atoms with Crippen molar-refractivity contribution in [1.29, 1.82) is 0 Å². The largest absolute Gasteiger partial charge is 0.309 e. The molecule has 11 rings (SSSR count). The fourth-order valence-corrected chi connectivity index (χ4v) is 9.78. The lowest BCUT2D eigenvalue weighted by molar-refractivity contribution is 1.08. The monoisotopic (exact) mass is 840 g/mol. The molecule has 9 aromatic carbocycles. The van der Waals surface area contributed by atoms with Crippen LogP contribution in [0, 0.1) is 0 Å². The summed E-state index contributed by atoms with van der Waals surface area (Å²) in [5, 5.41) is 5.88. The maximum absolute atomic E-state index is 6.97. The molecule has 0 saturated carbocycles. The molecular weight excluding hydrogens is 820 g/mol. The predicted molar refractivity (Wildman–Crippen MR) is 303 cm³/mol. The van der Waals surface area contributed by atoms with Crippen LogP contribution in [0.25, 0.3) is 105 Å². The van der Waals surface area contributed by atoms with Gasteiger partial charge in [0.2, 0.25) is 0 Å². The third-order valence-electron chi connectivity index (χ3n) is 13.3. The molecule has 69 heavy (non-hydrogen) atoms. The first-order chi connectivity index (χ1) is 33.1. The van der Waals surface area contributed by atoms with Crippen molar-refractivity contribution < 1.29 is 0 Å². The van der Waals surface area contributed by atoms with Crippen LogP contribution >= 0.6 is 0 Å². The molecule has 2 aromatic heterocycles. The molecule has 18 heteroatoms. The number of benzene rings is 9. The Kier molecular flexibility index (Phi) is 10.8. The number of nitrogens with zero attached hydrogens (tertiary/aromatic N) is 4. The van der Waals surface area contributed by atoms with E-state index in [1.165, 1.54) is 0 Å². The summed E-state index contributed by atoms with van der Waals surface area (Å²) in [7, 11) is 91.8. The van der Waals surface area contributed by atoms with Crippen LogP contribution in [-0.2, 0) is 0 Å². The van der Waals surface area contributed by atoms with Gasteiger partial charge in [-0.1, -0.05) is 123 Å². The second-order valence-corrected chi connectivity index (χ2v) is 17.0. The van der Waals surface area contributed by atoms with Crippen molar-refractivity contribution in [3.8, 4) is 62.1 Å². The fourth-order valence-electron chi connectivity index (χ4n) is 9.78. The van der Waals surface area contributed by atoms with E-state index in [4.69, 9.17) is 125 Å². The van der Waals surface area contributed by atoms with Crippen LogP contribution in [0.2, 0.25) is 0 Å². The van der Waals surface area contributed by atoms with E-state index in [1.54, 1.807) is 0 Å². The van der Waals surface area contributed by atoms with Gasteiger partial charge in [-0.05, 0) is 68.7 Å². The van der Waals surface area contributed by atoms with E-state index < -0.39 is 0 Å². The molecule has 0 unspecified atom stereocenters. The average Bonchev–Trinajstić information content (AvgIpc) is 3.71. The Labute approximate surface area is 418 Å². The summed E-state index contributed by atoms with van der Waals surface area (Å²) in [4.78, 5) is 15.1. The zero-order valence-corrected chi connectivity index (χ0v) is 36.8. The smallest absolute Gasteiger partial charge is 0.164 e. The topological polar surface area (TPSA) is 43.6 Å². The highest BCUT2D eigenvalue weighted by molar-refractivity contribution is 6.71. The second kappa shape index (κ2) is 16.6. The Morgan fingerprint density at radius 2 is 0.696 bits per heavy atom. The van der Waals surface area contributed by atoms with Crippen molar-refractivity contribution in [2.24, 2.45) is 0 Å². The molecule has 11 aromatic rings. The molecule has 0 atom stereocenters. The van der Waals surface area contributed by atoms with Gasteiger partial charge in [-0.25, -0.2) is 15.0 Å². The molecule has 0 N–H and O–H groups in total. The molecule has 28 radical (unpaired) electrons. The Bertz CT molecular complexity index is 3940. The third-order valence-corrected chi connectivity index (χ3v) is 13.3. The van der Waals surface area contributed by atoms with E-state index in [0.717, 1.165) is 60.2 Å². The minimum Gasteiger partial charge on any atom is -0.309 e. The van der Waals surface area contributed by atoms with E-state index in [0.29, 0.717) is 5.56 Å². The fraction of sp³-hybridized carbons (Fsp3) is 0. The summed E-state index contributed by atoms with van der Waals surface area (Å²) in [5.74, 6) is 0.0823. The molecule has 0 spiro atoms. The van der Waals surface area contributed by atoms with Crippen LogP contribution in [0.1, 0.15) is 0 Å². The van der Waals surface area contributed by atoms with Crippen molar-refractivity contribution in [2.45, 2.75) is 0 Å². The lowest BCUT2D eigenvalue weighted by Crippen LogP contribution is -2.57. The summed E-state index contributed by atoms with van der Waals surface area (Å²) >= 11 is 0. The summed E-state index contributed by atoms with van der Waals surface area (Å²) in [6.45, 7) is 0. The first kappa shape index (κ1) is 45.0. The number of hydrogen-bond donors (Lipinski definition) is 0. The van der Waals surface area contributed by atoms with E-state index in [-0.39, 0.29) is 116 Å². The van der Waals surface area contributed by atoms with Gasteiger partial charge in [0, 0.05) is 38.5 Å². The highest BCUT2D eigenvalue weighted by Crippen LogP contribution is 2.47. The van der Waals surface area contributed by atoms with Crippen LogP contribution < -0.4 is 76.5 Å². The van der Waals surface area contributed by atoms with Gasteiger partial charge < -0.3 is 4.57 Å². The zero-order chi connectivity index (χ0) is 48.5. The molecule has 0 bridgehead atoms. The van der Waals surface area contributed by atoms with Crippen LogP contribution in [0.15, 0.2) is 109 Å². The maximum atomic E-state index is 6.97. The summed E-state index contributed by atoms with van der Waals surface area (Å²) in [6, 6.07) is 37.3. The van der Waals surface area contributed by atoms with E-state index in [9.17, 15) is 0 Å². The molecule has 284 valence electrons. The second-order valence-electron chi connectivity index (χ2n) is 17.0. The Hall–Kier alpha value is -6.52. The minimum atomic E-state index is -0.0857. The number of aromatic nitrogens is 4. The Balaban J connectivity index is 1.24. The van der Waals surface area contributed by atoms with Gasteiger partial charge in [-0.3, -0.25) is 0 Å². The quantitative estimate of drug-likeness (QED) is 0.128. The average molecular weight is 838 g/mol. The van der Waals surface area contributed by atoms with E-state index in [2.05, 4.69) is 77.4 Å². The molecule has 0 saturated heterocycles. The van der Waals surface area contributed by atoms with Crippen LogP contribution in [0.4, 0.5) is 0 Å². The lowest BCUT2D eigenvalue weighted by Gasteiger charge is -2.28. The molecule has 0 aliphatic heterocycles. The Morgan fingerprint density at radius 3 is 1.28 bits per heavy atom. The minimum absolute atomic E-state index is 0.00310. The molecule has 0 aliphatic rings. The molecule has 0 fully saturated rings. The van der Waals surface area contributed by atoms with Crippen LogP contribution in [0.3, 0.4) is 0 Å². The molecule has 0 amide bonds.